The maximum absolute atomic E-state index is 11.5. The van der Waals surface area contributed by atoms with Gasteiger partial charge in [0.05, 0.1) is 12.3 Å². The lowest BCUT2D eigenvalue weighted by Gasteiger charge is -2.07. The summed E-state index contributed by atoms with van der Waals surface area (Å²) in [6, 6.07) is 9.94. The van der Waals surface area contributed by atoms with E-state index < -0.39 is 0 Å². The zero-order valence-corrected chi connectivity index (χ0v) is 10.7. The molecule has 1 aliphatic rings. The molecule has 5 nitrogen and oxygen atoms in total. The summed E-state index contributed by atoms with van der Waals surface area (Å²) in [5, 5.41) is 14.3. The minimum absolute atomic E-state index is 0.0427. The van der Waals surface area contributed by atoms with E-state index in [1.54, 1.807) is 0 Å². The summed E-state index contributed by atoms with van der Waals surface area (Å²) >= 11 is 0. The molecular formula is C14H18N4O. The van der Waals surface area contributed by atoms with Crippen LogP contribution in [-0.4, -0.2) is 24.4 Å². The van der Waals surface area contributed by atoms with Crippen LogP contribution in [0, 0.1) is 11.3 Å². The molecule has 1 saturated heterocycles. The van der Waals surface area contributed by atoms with Gasteiger partial charge in [0.15, 0.2) is 0 Å². The summed E-state index contributed by atoms with van der Waals surface area (Å²) in [7, 11) is 0. The lowest BCUT2D eigenvalue weighted by molar-refractivity contribution is -0.122. The highest BCUT2D eigenvalue weighted by molar-refractivity contribution is 6.29. The lowest BCUT2D eigenvalue weighted by Crippen LogP contribution is -2.22. The smallest absolute Gasteiger partial charge is 0.223 e. The first kappa shape index (κ1) is 13.3. The van der Waals surface area contributed by atoms with E-state index in [1.165, 1.54) is 6.21 Å². The van der Waals surface area contributed by atoms with Gasteiger partial charge < -0.3 is 16.2 Å². The van der Waals surface area contributed by atoms with Gasteiger partial charge in [-0.25, -0.2) is 0 Å². The average Bonchev–Trinajstić information content (AvgIpc) is 2.84. The van der Waals surface area contributed by atoms with E-state index in [-0.39, 0.29) is 11.8 Å². The van der Waals surface area contributed by atoms with E-state index in [4.69, 9.17) is 5.41 Å². The Kier molecular flexibility index (Phi) is 4.66. The molecule has 1 unspecified atom stereocenters. The van der Waals surface area contributed by atoms with Crippen molar-refractivity contribution in [3.63, 3.8) is 0 Å². The molecule has 1 amide bonds. The molecule has 1 heterocycles. The van der Waals surface area contributed by atoms with Gasteiger partial charge in [-0.3, -0.25) is 4.79 Å². The summed E-state index contributed by atoms with van der Waals surface area (Å²) in [5.41, 5.74) is 4.69. The van der Waals surface area contributed by atoms with Gasteiger partial charge in [-0.15, -0.1) is 0 Å². The van der Waals surface area contributed by atoms with Gasteiger partial charge in [0.25, 0.3) is 0 Å². The minimum atomic E-state index is -0.0427. The molecule has 3 N–H and O–H groups in total. The van der Waals surface area contributed by atoms with Crippen molar-refractivity contribution < 1.29 is 4.79 Å². The monoisotopic (exact) mass is 258 g/mol. The minimum Gasteiger partial charge on any atom is -0.356 e. The van der Waals surface area contributed by atoms with Crippen molar-refractivity contribution in [2.75, 3.05) is 6.54 Å². The lowest BCUT2D eigenvalue weighted by atomic mass is 10.0. The number of amides is 1. The van der Waals surface area contributed by atoms with Crippen LogP contribution in [-0.2, 0) is 11.3 Å². The van der Waals surface area contributed by atoms with Gasteiger partial charge >= 0.3 is 0 Å². The third kappa shape index (κ3) is 3.91. The summed E-state index contributed by atoms with van der Waals surface area (Å²) in [4.78, 5) is 11.5. The third-order valence-electron chi connectivity index (χ3n) is 3.13. The Labute approximate surface area is 112 Å². The molecule has 1 aromatic rings. The van der Waals surface area contributed by atoms with Crippen molar-refractivity contribution >= 4 is 17.8 Å². The predicted molar refractivity (Wildman–Crippen MR) is 75.2 cm³/mol. The third-order valence-corrected chi connectivity index (χ3v) is 3.13. The van der Waals surface area contributed by atoms with Crippen molar-refractivity contribution in [2.24, 2.45) is 11.0 Å². The molecule has 5 heteroatoms. The number of hydrogen-bond donors (Lipinski definition) is 3. The number of benzene rings is 1. The molecule has 19 heavy (non-hydrogen) atoms. The maximum atomic E-state index is 11.5. The fraction of sp³-hybridized carbons (Fsp3) is 0.357. The van der Waals surface area contributed by atoms with Crippen LogP contribution < -0.4 is 10.7 Å². The molecular weight excluding hydrogens is 240 g/mol. The van der Waals surface area contributed by atoms with Crippen molar-refractivity contribution in [3.8, 4) is 0 Å². The van der Waals surface area contributed by atoms with Gasteiger partial charge in [-0.1, -0.05) is 30.3 Å². The van der Waals surface area contributed by atoms with E-state index in [2.05, 4.69) is 15.8 Å². The highest BCUT2D eigenvalue weighted by atomic mass is 16.2. The zero-order chi connectivity index (χ0) is 13.5. The molecule has 1 aromatic carbocycles. The van der Waals surface area contributed by atoms with Crippen LogP contribution in [0.5, 0.6) is 0 Å². The van der Waals surface area contributed by atoms with E-state index in [0.717, 1.165) is 18.5 Å². The van der Waals surface area contributed by atoms with Gasteiger partial charge in [0.1, 0.15) is 0 Å². The Balaban J connectivity index is 1.85. The molecule has 1 aliphatic heterocycles. The molecule has 0 aromatic heterocycles. The normalized spacial score (nSPS) is 19.1. The van der Waals surface area contributed by atoms with Crippen molar-refractivity contribution in [1.82, 2.24) is 10.7 Å². The Morgan fingerprint density at radius 3 is 2.89 bits per heavy atom. The molecule has 100 valence electrons. The van der Waals surface area contributed by atoms with Crippen LogP contribution in [0.15, 0.2) is 35.4 Å². The zero-order valence-electron chi connectivity index (χ0n) is 10.7. The first-order valence-electron chi connectivity index (χ1n) is 6.41. The van der Waals surface area contributed by atoms with E-state index in [1.807, 2.05) is 30.3 Å². The van der Waals surface area contributed by atoms with E-state index >= 15 is 0 Å². The van der Waals surface area contributed by atoms with E-state index in [0.29, 0.717) is 18.7 Å². The molecule has 1 fully saturated rings. The van der Waals surface area contributed by atoms with Crippen molar-refractivity contribution in [2.45, 2.75) is 19.4 Å². The Morgan fingerprint density at radius 2 is 2.26 bits per heavy atom. The number of carbonyl (C=O) groups is 1. The second kappa shape index (κ2) is 6.68. The molecule has 0 saturated carbocycles. The quantitative estimate of drug-likeness (QED) is 0.531. The molecule has 0 spiro atoms. The van der Waals surface area contributed by atoms with Gasteiger partial charge in [0, 0.05) is 25.1 Å². The van der Waals surface area contributed by atoms with E-state index in [9.17, 15) is 4.79 Å². The van der Waals surface area contributed by atoms with Crippen LogP contribution in [0.3, 0.4) is 0 Å². The molecule has 0 bridgehead atoms. The largest absolute Gasteiger partial charge is 0.356 e. The Bertz CT molecular complexity index is 470. The predicted octanol–water partition coefficient (Wildman–Crippen LogP) is 1.31. The molecule has 1 atom stereocenters. The number of carbonyl (C=O) groups excluding carboxylic acids is 1. The maximum Gasteiger partial charge on any atom is 0.223 e. The first-order chi connectivity index (χ1) is 9.29. The SMILES string of the molecule is N=C/C(CC1CCNC1=O)=N\NCc1ccccc1. The fourth-order valence-corrected chi connectivity index (χ4v) is 2.06. The number of hydrazone groups is 1. The van der Waals surface area contributed by atoms with Crippen molar-refractivity contribution in [1.29, 1.82) is 5.41 Å². The molecule has 0 radical (unpaired) electrons. The summed E-state index contributed by atoms with van der Waals surface area (Å²) in [6.45, 7) is 1.35. The highest BCUT2D eigenvalue weighted by Gasteiger charge is 2.24. The summed E-state index contributed by atoms with van der Waals surface area (Å²) in [6.07, 6.45) is 2.56. The topological polar surface area (TPSA) is 77.3 Å². The van der Waals surface area contributed by atoms with Gasteiger partial charge in [-0.05, 0) is 12.0 Å². The first-order valence-corrected chi connectivity index (χ1v) is 6.41. The second-order valence-corrected chi connectivity index (χ2v) is 4.55. The number of nitrogens with one attached hydrogen (secondary N) is 3. The van der Waals surface area contributed by atoms with Crippen LogP contribution in [0.1, 0.15) is 18.4 Å². The fourth-order valence-electron chi connectivity index (χ4n) is 2.06. The Hall–Kier alpha value is -2.17. The standard InChI is InChI=1S/C14H18N4O/c15-9-13(8-12-6-7-16-14(12)19)18-17-10-11-4-2-1-3-5-11/h1-5,9,12,15,17H,6-8,10H2,(H,16,19)/b15-9?,18-13-. The van der Waals surface area contributed by atoms with Crippen LogP contribution in [0.4, 0.5) is 0 Å². The summed E-state index contributed by atoms with van der Waals surface area (Å²) in [5.74, 6) is 0.0245. The van der Waals surface area contributed by atoms with Crippen LogP contribution in [0.25, 0.3) is 0 Å². The summed E-state index contributed by atoms with van der Waals surface area (Å²) < 4.78 is 0. The number of rotatable bonds is 6. The van der Waals surface area contributed by atoms with Crippen LogP contribution >= 0.6 is 0 Å². The van der Waals surface area contributed by atoms with Crippen molar-refractivity contribution in [3.05, 3.63) is 35.9 Å². The number of nitrogens with zero attached hydrogens (tertiary/aromatic N) is 1. The number of hydrogen-bond acceptors (Lipinski definition) is 4. The molecule has 0 aliphatic carbocycles. The molecule has 2 rings (SSSR count). The van der Waals surface area contributed by atoms with Crippen LogP contribution in [0.2, 0.25) is 0 Å². The van der Waals surface area contributed by atoms with Gasteiger partial charge in [0.2, 0.25) is 5.91 Å². The average molecular weight is 258 g/mol. The second-order valence-electron chi connectivity index (χ2n) is 4.55. The highest BCUT2D eigenvalue weighted by Crippen LogP contribution is 2.14. The Morgan fingerprint density at radius 1 is 1.47 bits per heavy atom. The van der Waals surface area contributed by atoms with Gasteiger partial charge in [-0.2, -0.15) is 5.10 Å².